The average Bonchev–Trinajstić information content (AvgIpc) is 2.81. The third-order valence-corrected chi connectivity index (χ3v) is 4.52. The van der Waals surface area contributed by atoms with Gasteiger partial charge in [-0.15, -0.1) is 0 Å². The van der Waals surface area contributed by atoms with Gasteiger partial charge in [-0.25, -0.2) is 0 Å². The van der Waals surface area contributed by atoms with Crippen LogP contribution < -0.4 is 5.32 Å². The predicted octanol–water partition coefficient (Wildman–Crippen LogP) is 3.08. The SMILES string of the molecule is Cn1c(CCNC(=O)CCc2cccc(Cl)c2Cl)n[nH]c1=S. The van der Waals surface area contributed by atoms with Gasteiger partial charge >= 0.3 is 0 Å². The van der Waals surface area contributed by atoms with Crippen molar-refractivity contribution in [2.45, 2.75) is 19.3 Å². The van der Waals surface area contributed by atoms with E-state index in [1.807, 2.05) is 19.2 Å². The highest BCUT2D eigenvalue weighted by atomic mass is 35.5. The third kappa shape index (κ3) is 4.32. The molecule has 2 aromatic rings. The Morgan fingerprint density at radius 2 is 2.18 bits per heavy atom. The molecule has 0 saturated carbocycles. The lowest BCUT2D eigenvalue weighted by molar-refractivity contribution is -0.121. The molecule has 1 amide bonds. The van der Waals surface area contributed by atoms with Gasteiger partial charge in [0.05, 0.1) is 10.0 Å². The number of H-pyrrole nitrogens is 1. The summed E-state index contributed by atoms with van der Waals surface area (Å²) in [6.45, 7) is 0.510. The molecule has 22 heavy (non-hydrogen) atoms. The maximum Gasteiger partial charge on any atom is 0.220 e. The number of hydrogen-bond donors (Lipinski definition) is 2. The highest BCUT2D eigenvalue weighted by Gasteiger charge is 2.08. The summed E-state index contributed by atoms with van der Waals surface area (Å²) in [6.07, 6.45) is 1.53. The number of amides is 1. The van der Waals surface area contributed by atoms with Crippen molar-refractivity contribution in [3.8, 4) is 0 Å². The van der Waals surface area contributed by atoms with Crippen molar-refractivity contribution in [3.05, 3.63) is 44.4 Å². The second-order valence-corrected chi connectivity index (χ2v) is 5.99. The van der Waals surface area contributed by atoms with Gasteiger partial charge in [0.25, 0.3) is 0 Å². The number of halogens is 2. The number of aryl methyl sites for hydroxylation is 1. The Morgan fingerprint density at radius 1 is 1.41 bits per heavy atom. The molecule has 8 heteroatoms. The Hall–Kier alpha value is -1.37. The second kappa shape index (κ2) is 7.76. The molecule has 1 aromatic heterocycles. The van der Waals surface area contributed by atoms with Crippen LogP contribution in [0.2, 0.25) is 10.0 Å². The van der Waals surface area contributed by atoms with Gasteiger partial charge in [-0.1, -0.05) is 35.3 Å². The first-order valence-corrected chi connectivity index (χ1v) is 7.95. The largest absolute Gasteiger partial charge is 0.356 e. The number of nitrogens with zero attached hydrogens (tertiary/aromatic N) is 2. The maximum atomic E-state index is 11.9. The van der Waals surface area contributed by atoms with E-state index in [1.54, 1.807) is 10.6 Å². The number of carbonyl (C=O) groups is 1. The number of benzene rings is 1. The normalized spacial score (nSPS) is 10.7. The van der Waals surface area contributed by atoms with E-state index >= 15 is 0 Å². The van der Waals surface area contributed by atoms with Crippen molar-refractivity contribution >= 4 is 41.3 Å². The monoisotopic (exact) mass is 358 g/mol. The third-order valence-electron chi connectivity index (χ3n) is 3.30. The maximum absolute atomic E-state index is 11.9. The highest BCUT2D eigenvalue weighted by molar-refractivity contribution is 7.71. The standard InChI is InChI=1S/C14H16Cl2N4OS/c1-20-11(18-19-14(20)22)7-8-17-12(21)6-5-9-3-2-4-10(15)13(9)16/h2-4H,5-8H2,1H3,(H,17,21)(H,19,22). The fourth-order valence-corrected chi connectivity index (χ4v) is 2.56. The smallest absolute Gasteiger partial charge is 0.220 e. The zero-order valence-corrected chi connectivity index (χ0v) is 14.4. The Labute approximate surface area is 143 Å². The number of carbonyl (C=O) groups excluding carboxylic acids is 1. The molecule has 0 radical (unpaired) electrons. The molecule has 1 aromatic carbocycles. The van der Waals surface area contributed by atoms with Crippen molar-refractivity contribution in [2.24, 2.45) is 7.05 Å². The molecule has 0 fully saturated rings. The molecule has 0 aliphatic rings. The topological polar surface area (TPSA) is 62.7 Å². The van der Waals surface area contributed by atoms with E-state index in [0.717, 1.165) is 11.4 Å². The van der Waals surface area contributed by atoms with Crippen LogP contribution in [-0.2, 0) is 24.7 Å². The van der Waals surface area contributed by atoms with Gasteiger partial charge in [0.1, 0.15) is 5.82 Å². The summed E-state index contributed by atoms with van der Waals surface area (Å²) in [7, 11) is 1.84. The first-order valence-electron chi connectivity index (χ1n) is 6.79. The highest BCUT2D eigenvalue weighted by Crippen LogP contribution is 2.26. The van der Waals surface area contributed by atoms with Crippen LogP contribution in [0.5, 0.6) is 0 Å². The molecule has 0 unspecified atom stereocenters. The quantitative estimate of drug-likeness (QED) is 0.780. The Balaban J connectivity index is 1.78. The van der Waals surface area contributed by atoms with Gasteiger partial charge < -0.3 is 9.88 Å². The Morgan fingerprint density at radius 3 is 2.86 bits per heavy atom. The minimum atomic E-state index is -0.0344. The summed E-state index contributed by atoms with van der Waals surface area (Å²) in [4.78, 5) is 11.9. The van der Waals surface area contributed by atoms with Crippen LogP contribution in [0.15, 0.2) is 18.2 Å². The molecule has 2 rings (SSSR count). The van der Waals surface area contributed by atoms with Crippen LogP contribution in [0.4, 0.5) is 0 Å². The van der Waals surface area contributed by atoms with Gasteiger partial charge in [-0.2, -0.15) is 5.10 Å². The lowest BCUT2D eigenvalue weighted by atomic mass is 10.1. The van der Waals surface area contributed by atoms with Crippen molar-refractivity contribution < 1.29 is 4.79 Å². The van der Waals surface area contributed by atoms with Crippen LogP contribution >= 0.6 is 35.4 Å². The van der Waals surface area contributed by atoms with Gasteiger partial charge in [0.2, 0.25) is 5.91 Å². The molecule has 0 spiro atoms. The van der Waals surface area contributed by atoms with Crippen LogP contribution in [0, 0.1) is 4.77 Å². The Kier molecular flexibility index (Phi) is 5.99. The van der Waals surface area contributed by atoms with E-state index in [0.29, 0.717) is 40.6 Å². The van der Waals surface area contributed by atoms with Crippen molar-refractivity contribution in [3.63, 3.8) is 0 Å². The van der Waals surface area contributed by atoms with Crippen LogP contribution in [0.1, 0.15) is 17.8 Å². The molecular formula is C14H16Cl2N4OS. The zero-order chi connectivity index (χ0) is 16.1. The predicted molar refractivity (Wildman–Crippen MR) is 89.9 cm³/mol. The molecule has 0 atom stereocenters. The number of hydrogen-bond acceptors (Lipinski definition) is 3. The van der Waals surface area contributed by atoms with Gasteiger partial charge in [0.15, 0.2) is 4.77 Å². The van der Waals surface area contributed by atoms with Crippen molar-refractivity contribution in [2.75, 3.05) is 6.54 Å². The van der Waals surface area contributed by atoms with E-state index in [-0.39, 0.29) is 5.91 Å². The molecule has 2 N–H and O–H groups in total. The second-order valence-electron chi connectivity index (χ2n) is 4.82. The fraction of sp³-hybridized carbons (Fsp3) is 0.357. The first-order chi connectivity index (χ1) is 10.5. The first kappa shape index (κ1) is 17.0. The summed E-state index contributed by atoms with van der Waals surface area (Å²) in [5, 5.41) is 10.7. The van der Waals surface area contributed by atoms with Gasteiger partial charge in [0, 0.05) is 26.4 Å². The molecule has 1 heterocycles. The molecule has 0 bridgehead atoms. The van der Waals surface area contributed by atoms with Crippen molar-refractivity contribution in [1.29, 1.82) is 0 Å². The number of aromatic amines is 1. The fourth-order valence-electron chi connectivity index (χ4n) is 2.00. The lowest BCUT2D eigenvalue weighted by Gasteiger charge is -2.07. The van der Waals surface area contributed by atoms with E-state index in [2.05, 4.69) is 15.5 Å². The van der Waals surface area contributed by atoms with E-state index in [1.165, 1.54) is 0 Å². The summed E-state index contributed by atoms with van der Waals surface area (Å²) in [5.41, 5.74) is 0.874. The minimum absolute atomic E-state index is 0.0344. The number of aromatic nitrogens is 3. The van der Waals surface area contributed by atoms with Crippen LogP contribution in [0.25, 0.3) is 0 Å². The summed E-state index contributed by atoms with van der Waals surface area (Å²) >= 11 is 17.1. The summed E-state index contributed by atoms with van der Waals surface area (Å²) < 4.78 is 2.35. The molecule has 0 aliphatic heterocycles. The van der Waals surface area contributed by atoms with Gasteiger partial charge in [-0.3, -0.25) is 9.89 Å². The van der Waals surface area contributed by atoms with Crippen LogP contribution in [-0.4, -0.2) is 27.2 Å². The van der Waals surface area contributed by atoms with E-state index in [4.69, 9.17) is 35.4 Å². The summed E-state index contributed by atoms with van der Waals surface area (Å²) in [6, 6.07) is 5.42. The molecular weight excluding hydrogens is 343 g/mol. The molecule has 0 aliphatic carbocycles. The Bertz CT molecular complexity index is 726. The summed E-state index contributed by atoms with van der Waals surface area (Å²) in [5.74, 6) is 0.774. The number of rotatable bonds is 6. The zero-order valence-electron chi connectivity index (χ0n) is 12.0. The minimum Gasteiger partial charge on any atom is -0.356 e. The van der Waals surface area contributed by atoms with E-state index in [9.17, 15) is 4.79 Å². The van der Waals surface area contributed by atoms with Gasteiger partial charge in [-0.05, 0) is 30.3 Å². The van der Waals surface area contributed by atoms with Crippen molar-refractivity contribution in [1.82, 2.24) is 20.1 Å². The number of nitrogens with one attached hydrogen (secondary N) is 2. The molecule has 118 valence electrons. The molecule has 5 nitrogen and oxygen atoms in total. The van der Waals surface area contributed by atoms with E-state index < -0.39 is 0 Å². The van der Waals surface area contributed by atoms with Crippen LogP contribution in [0.3, 0.4) is 0 Å². The molecule has 0 saturated heterocycles. The lowest BCUT2D eigenvalue weighted by Crippen LogP contribution is -2.26. The average molecular weight is 359 g/mol.